The molecule has 0 bridgehead atoms. The minimum absolute atomic E-state index is 0.490. The average Bonchev–Trinajstić information content (AvgIpc) is 1.60. The molecule has 0 atom stereocenters. The monoisotopic (exact) mass is 286 g/mol. The molecule has 0 N–H and O–H groups in total. The predicted octanol–water partition coefficient (Wildman–Crippen LogP) is 3.68. The molecule has 0 aromatic carbocycles. The van der Waals surface area contributed by atoms with Crippen LogP contribution in [0.25, 0.3) is 0 Å². The van der Waals surface area contributed by atoms with E-state index < -0.39 is 6.04 Å². The molecular formula is C7H16Br2Si. The Bertz CT molecular complexity index is 99.8. The van der Waals surface area contributed by atoms with Gasteiger partial charge < -0.3 is 0 Å². The van der Waals surface area contributed by atoms with E-state index in [4.69, 9.17) is 0 Å². The SMILES string of the molecule is CC(C)C(C)(C)C[SiH](Br)Br. The van der Waals surface area contributed by atoms with E-state index in [0.29, 0.717) is 5.41 Å². The first kappa shape index (κ1) is 11.2. The molecule has 10 heavy (non-hydrogen) atoms. The smallest absolute Gasteiger partial charge is 0.115 e. The van der Waals surface area contributed by atoms with Crippen molar-refractivity contribution in [1.29, 1.82) is 0 Å². The molecule has 0 rings (SSSR count). The van der Waals surface area contributed by atoms with Gasteiger partial charge in [0.25, 0.3) is 0 Å². The van der Waals surface area contributed by atoms with Crippen molar-refractivity contribution in [2.75, 3.05) is 0 Å². The first-order chi connectivity index (χ1) is 4.36. The molecule has 0 saturated carbocycles. The fourth-order valence-electron chi connectivity index (χ4n) is 0.633. The van der Waals surface area contributed by atoms with E-state index in [1.807, 2.05) is 0 Å². The largest absolute Gasteiger partial charge is 0.187 e. The molecule has 0 heterocycles. The fraction of sp³-hybridized carbons (Fsp3) is 1.00. The van der Waals surface area contributed by atoms with E-state index in [-0.39, 0.29) is 0 Å². The first-order valence-electron chi connectivity index (χ1n) is 3.64. The van der Waals surface area contributed by atoms with Crippen molar-refractivity contribution < 1.29 is 0 Å². The van der Waals surface area contributed by atoms with Crippen LogP contribution in [0.1, 0.15) is 27.7 Å². The van der Waals surface area contributed by atoms with Crippen molar-refractivity contribution >= 4 is 36.6 Å². The summed E-state index contributed by atoms with van der Waals surface area (Å²) < 4.78 is 0. The first-order valence-corrected chi connectivity index (χ1v) is 10.8. The summed E-state index contributed by atoms with van der Waals surface area (Å²) >= 11 is 7.27. The topological polar surface area (TPSA) is 0 Å². The third-order valence-corrected chi connectivity index (χ3v) is 5.55. The highest BCUT2D eigenvalue weighted by molar-refractivity contribution is 9.49. The minimum Gasteiger partial charge on any atom is -0.115 e. The molecule has 0 aromatic heterocycles. The summed E-state index contributed by atoms with van der Waals surface area (Å²) in [7, 11) is 0. The van der Waals surface area contributed by atoms with Crippen molar-refractivity contribution in [3.8, 4) is 0 Å². The third-order valence-electron chi connectivity index (χ3n) is 2.24. The molecule has 0 fully saturated rings. The van der Waals surface area contributed by atoms with Gasteiger partial charge >= 0.3 is 0 Å². The molecule has 0 saturated heterocycles. The van der Waals surface area contributed by atoms with E-state index >= 15 is 0 Å². The van der Waals surface area contributed by atoms with Crippen LogP contribution in [0.5, 0.6) is 0 Å². The zero-order valence-corrected chi connectivity index (χ0v) is 11.4. The van der Waals surface area contributed by atoms with Crippen LogP contribution in [0.3, 0.4) is 0 Å². The van der Waals surface area contributed by atoms with Crippen molar-refractivity contribution in [3.63, 3.8) is 0 Å². The van der Waals surface area contributed by atoms with Gasteiger partial charge in [-0.1, -0.05) is 27.7 Å². The lowest BCUT2D eigenvalue weighted by atomic mass is 9.83. The van der Waals surface area contributed by atoms with Gasteiger partial charge in [0.2, 0.25) is 0 Å². The van der Waals surface area contributed by atoms with Crippen LogP contribution < -0.4 is 0 Å². The van der Waals surface area contributed by atoms with E-state index in [0.717, 1.165) is 5.92 Å². The second kappa shape index (κ2) is 4.26. The van der Waals surface area contributed by atoms with Crippen molar-refractivity contribution in [2.24, 2.45) is 11.3 Å². The van der Waals surface area contributed by atoms with Crippen molar-refractivity contribution in [1.82, 2.24) is 0 Å². The summed E-state index contributed by atoms with van der Waals surface area (Å²) in [6, 6.07) is 0.584. The molecule has 0 nitrogen and oxygen atoms in total. The summed E-state index contributed by atoms with van der Waals surface area (Å²) in [5, 5.41) is 0. The summed E-state index contributed by atoms with van der Waals surface area (Å²) in [6.45, 7) is 9.24. The van der Waals surface area contributed by atoms with Crippen LogP contribution in [0, 0.1) is 11.3 Å². The molecule has 0 radical (unpaired) electrons. The Hall–Kier alpha value is 1.18. The van der Waals surface area contributed by atoms with Crippen LogP contribution in [0.2, 0.25) is 6.04 Å². The number of rotatable bonds is 3. The molecule has 0 amide bonds. The molecule has 0 spiro atoms. The Kier molecular flexibility index (Phi) is 4.77. The van der Waals surface area contributed by atoms with Crippen LogP contribution in [0.15, 0.2) is 0 Å². The quantitative estimate of drug-likeness (QED) is 0.549. The molecule has 0 aromatic rings. The van der Waals surface area contributed by atoms with Crippen LogP contribution in [-0.2, 0) is 0 Å². The zero-order chi connectivity index (χ0) is 8.36. The van der Waals surface area contributed by atoms with Crippen LogP contribution >= 0.6 is 30.6 Å². The van der Waals surface area contributed by atoms with E-state index in [2.05, 4.69) is 58.3 Å². The third kappa shape index (κ3) is 4.14. The molecule has 0 aliphatic carbocycles. The maximum atomic E-state index is 3.63. The second-order valence-electron chi connectivity index (χ2n) is 3.74. The summed E-state index contributed by atoms with van der Waals surface area (Å²) in [4.78, 5) is 0. The average molecular weight is 288 g/mol. The molecule has 3 heteroatoms. The predicted molar refractivity (Wildman–Crippen MR) is 58.4 cm³/mol. The maximum absolute atomic E-state index is 3.63. The summed E-state index contributed by atoms with van der Waals surface area (Å²) in [5.41, 5.74) is 0.490. The number of halogens is 2. The van der Waals surface area contributed by atoms with Gasteiger partial charge in [0.05, 0.1) is 0 Å². The van der Waals surface area contributed by atoms with Gasteiger partial charge in [0.15, 0.2) is 6.04 Å². The lowest BCUT2D eigenvalue weighted by Crippen LogP contribution is -2.21. The van der Waals surface area contributed by atoms with Crippen molar-refractivity contribution in [3.05, 3.63) is 0 Å². The van der Waals surface area contributed by atoms with Gasteiger partial charge in [-0.15, -0.1) is 30.6 Å². The Morgan fingerprint density at radius 1 is 1.30 bits per heavy atom. The highest BCUT2D eigenvalue weighted by Crippen LogP contribution is 2.34. The lowest BCUT2D eigenvalue weighted by Gasteiger charge is -2.29. The highest BCUT2D eigenvalue weighted by atomic mass is 79.9. The molecule has 0 aliphatic rings. The maximum Gasteiger partial charge on any atom is 0.187 e. The van der Waals surface area contributed by atoms with E-state index in [1.165, 1.54) is 6.04 Å². The Morgan fingerprint density at radius 3 is 1.80 bits per heavy atom. The molecular weight excluding hydrogens is 272 g/mol. The molecule has 0 aliphatic heterocycles. The standard InChI is InChI=1S/C7H16Br2Si/c1-6(2)7(3,4)5-10(8)9/h6,10H,5H2,1-4H3. The van der Waals surface area contributed by atoms with Gasteiger partial charge in [-0.05, 0) is 17.4 Å². The van der Waals surface area contributed by atoms with Crippen molar-refractivity contribution in [2.45, 2.75) is 33.7 Å². The molecule has 0 unspecified atom stereocenters. The zero-order valence-electron chi connectivity index (χ0n) is 7.12. The van der Waals surface area contributed by atoms with Gasteiger partial charge in [-0.3, -0.25) is 0 Å². The Balaban J connectivity index is 3.87. The molecule has 62 valence electrons. The van der Waals surface area contributed by atoms with Gasteiger partial charge in [-0.25, -0.2) is 0 Å². The number of hydrogen-bond acceptors (Lipinski definition) is 0. The lowest BCUT2D eigenvalue weighted by molar-refractivity contribution is 0.283. The van der Waals surface area contributed by atoms with E-state index in [1.54, 1.807) is 0 Å². The fourth-order valence-corrected chi connectivity index (χ4v) is 6.91. The van der Waals surface area contributed by atoms with Gasteiger partial charge in [-0.2, -0.15) is 0 Å². The Labute approximate surface area is 81.5 Å². The van der Waals surface area contributed by atoms with Crippen LogP contribution in [-0.4, -0.2) is 6.04 Å². The highest BCUT2D eigenvalue weighted by Gasteiger charge is 2.24. The minimum atomic E-state index is -0.727. The number of hydrogen-bond donors (Lipinski definition) is 0. The van der Waals surface area contributed by atoms with Gasteiger partial charge in [0, 0.05) is 0 Å². The van der Waals surface area contributed by atoms with Gasteiger partial charge in [0.1, 0.15) is 0 Å². The summed E-state index contributed by atoms with van der Waals surface area (Å²) in [5.74, 6) is 0.776. The second-order valence-corrected chi connectivity index (χ2v) is 15.2. The van der Waals surface area contributed by atoms with Crippen LogP contribution in [0.4, 0.5) is 0 Å². The Morgan fingerprint density at radius 2 is 1.70 bits per heavy atom. The summed E-state index contributed by atoms with van der Waals surface area (Å²) in [6.07, 6.45) is 0. The normalized spacial score (nSPS) is 13.2. The van der Waals surface area contributed by atoms with E-state index in [9.17, 15) is 0 Å².